The maximum atomic E-state index is 8.40. The Morgan fingerprint density at radius 1 is 1.25 bits per heavy atom. The molecule has 0 spiro atoms. The molecule has 0 unspecified atom stereocenters. The summed E-state index contributed by atoms with van der Waals surface area (Å²) in [5.41, 5.74) is -0.199. The summed E-state index contributed by atoms with van der Waals surface area (Å²) >= 11 is 0. The van der Waals surface area contributed by atoms with Gasteiger partial charge >= 0.3 is 0 Å². The molecule has 8 heavy (non-hydrogen) atoms. The van der Waals surface area contributed by atoms with Crippen LogP contribution >= 0.6 is 8.53 Å². The molecule has 0 amide bonds. The van der Waals surface area contributed by atoms with Gasteiger partial charge < -0.3 is 9.79 Å². The fraction of sp³-hybridized carbons (Fsp3) is 1.00. The zero-order valence-electron chi connectivity index (χ0n) is 5.34. The molecule has 0 atom stereocenters. The maximum absolute atomic E-state index is 8.40. The van der Waals surface area contributed by atoms with Crippen molar-refractivity contribution in [2.45, 2.75) is 26.3 Å². The molecule has 50 valence electrons. The van der Waals surface area contributed by atoms with Gasteiger partial charge in [0.25, 0.3) is 8.53 Å². The van der Waals surface area contributed by atoms with Gasteiger partial charge in [0, 0.05) is 5.54 Å². The third kappa shape index (κ3) is 6.31. The van der Waals surface area contributed by atoms with Crippen LogP contribution in [0.25, 0.3) is 0 Å². The van der Waals surface area contributed by atoms with E-state index in [1.807, 2.05) is 20.8 Å². The van der Waals surface area contributed by atoms with Crippen LogP contribution in [0.2, 0.25) is 0 Å². The minimum Gasteiger partial charge on any atom is -0.338 e. The van der Waals surface area contributed by atoms with Crippen LogP contribution in [0.4, 0.5) is 0 Å². The Hall–Kier alpha value is 0.310. The molecule has 0 aliphatic carbocycles. The van der Waals surface area contributed by atoms with Gasteiger partial charge in [-0.15, -0.1) is 0 Å². The summed E-state index contributed by atoms with van der Waals surface area (Å²) in [6.45, 7) is 5.61. The Morgan fingerprint density at radius 2 is 1.62 bits per heavy atom. The van der Waals surface area contributed by atoms with Crippen molar-refractivity contribution < 1.29 is 9.79 Å². The molecule has 0 aromatic rings. The first-order valence-corrected chi connectivity index (χ1v) is 3.62. The topological polar surface area (TPSA) is 52.5 Å². The third-order valence-electron chi connectivity index (χ3n) is 0.435. The van der Waals surface area contributed by atoms with Gasteiger partial charge in [-0.1, -0.05) is 0 Å². The first kappa shape index (κ1) is 8.31. The Morgan fingerprint density at radius 3 is 1.62 bits per heavy atom. The second-order valence-corrected chi connectivity index (χ2v) is 3.45. The van der Waals surface area contributed by atoms with Crippen LogP contribution in [-0.4, -0.2) is 15.3 Å². The van der Waals surface area contributed by atoms with Crippen molar-refractivity contribution in [3.05, 3.63) is 0 Å². The fourth-order valence-electron chi connectivity index (χ4n) is 0.300. The molecule has 3 N–H and O–H groups in total. The van der Waals surface area contributed by atoms with Gasteiger partial charge in [0.05, 0.1) is 0 Å². The van der Waals surface area contributed by atoms with Crippen LogP contribution in [0.3, 0.4) is 0 Å². The third-order valence-corrected chi connectivity index (χ3v) is 1.31. The molecule has 0 bridgehead atoms. The van der Waals surface area contributed by atoms with Gasteiger partial charge in [-0.25, -0.2) is 5.09 Å². The largest absolute Gasteiger partial charge is 0.338 e. The summed E-state index contributed by atoms with van der Waals surface area (Å²) in [5.74, 6) is 0. The highest BCUT2D eigenvalue weighted by molar-refractivity contribution is 7.42. The lowest BCUT2D eigenvalue weighted by molar-refractivity contribution is 0.417. The number of hydrogen-bond donors (Lipinski definition) is 3. The molecule has 0 heterocycles. The van der Waals surface area contributed by atoms with Crippen LogP contribution < -0.4 is 5.09 Å². The van der Waals surface area contributed by atoms with E-state index in [1.54, 1.807) is 0 Å². The van der Waals surface area contributed by atoms with Crippen molar-refractivity contribution >= 4 is 8.53 Å². The molecule has 0 fully saturated rings. The van der Waals surface area contributed by atoms with Gasteiger partial charge in [0.15, 0.2) is 0 Å². The standard InChI is InChI=1S/C4H12NO2P/c1-4(2,3)5-8(6)7/h5-7H,1-3H3. The van der Waals surface area contributed by atoms with Crippen LogP contribution in [-0.2, 0) is 0 Å². The molecule has 0 radical (unpaired) electrons. The Balaban J connectivity index is 3.39. The first-order valence-electron chi connectivity index (χ1n) is 2.37. The second kappa shape index (κ2) is 2.74. The van der Waals surface area contributed by atoms with Gasteiger partial charge in [0.1, 0.15) is 0 Å². The molecule has 4 heteroatoms. The van der Waals surface area contributed by atoms with E-state index >= 15 is 0 Å². The predicted octanol–water partition coefficient (Wildman–Crippen LogP) is 0.586. The molecular formula is C4H12NO2P. The number of hydrogen-bond acceptors (Lipinski definition) is 3. The van der Waals surface area contributed by atoms with E-state index in [0.717, 1.165) is 0 Å². The van der Waals surface area contributed by atoms with E-state index in [2.05, 4.69) is 5.09 Å². The van der Waals surface area contributed by atoms with Crippen molar-refractivity contribution in [1.82, 2.24) is 5.09 Å². The Bertz CT molecular complexity index is 68.9. The highest BCUT2D eigenvalue weighted by Crippen LogP contribution is 2.21. The fourth-order valence-corrected chi connectivity index (χ4v) is 0.900. The summed E-state index contributed by atoms with van der Waals surface area (Å²) in [6, 6.07) is 0. The van der Waals surface area contributed by atoms with Gasteiger partial charge in [-0.3, -0.25) is 0 Å². The van der Waals surface area contributed by atoms with Crippen molar-refractivity contribution in [3.8, 4) is 0 Å². The van der Waals surface area contributed by atoms with E-state index < -0.39 is 8.53 Å². The maximum Gasteiger partial charge on any atom is 0.250 e. The number of nitrogens with one attached hydrogen (secondary N) is 1. The summed E-state index contributed by atoms with van der Waals surface area (Å²) < 4.78 is 0. The van der Waals surface area contributed by atoms with Crippen LogP contribution in [0, 0.1) is 0 Å². The Kier molecular flexibility index (Phi) is 2.84. The van der Waals surface area contributed by atoms with Crippen LogP contribution in [0.5, 0.6) is 0 Å². The smallest absolute Gasteiger partial charge is 0.250 e. The lowest BCUT2D eigenvalue weighted by Crippen LogP contribution is -2.31. The second-order valence-electron chi connectivity index (χ2n) is 2.65. The number of rotatable bonds is 1. The molecule has 0 aliphatic heterocycles. The van der Waals surface area contributed by atoms with Crippen molar-refractivity contribution in [2.24, 2.45) is 0 Å². The first-order chi connectivity index (χ1) is 3.42. The van der Waals surface area contributed by atoms with E-state index in [0.29, 0.717) is 0 Å². The zero-order chi connectivity index (χ0) is 6.78. The summed E-state index contributed by atoms with van der Waals surface area (Å²) in [5, 5.41) is 2.56. The SMILES string of the molecule is CC(C)(C)NP(O)O. The highest BCUT2D eigenvalue weighted by atomic mass is 31.2. The summed E-state index contributed by atoms with van der Waals surface area (Å²) in [6.07, 6.45) is 0. The van der Waals surface area contributed by atoms with Gasteiger partial charge in [0.2, 0.25) is 0 Å². The molecule has 0 aliphatic rings. The molecule has 0 saturated carbocycles. The molecule has 0 saturated heterocycles. The van der Waals surface area contributed by atoms with Crippen molar-refractivity contribution in [3.63, 3.8) is 0 Å². The van der Waals surface area contributed by atoms with Crippen LogP contribution in [0.15, 0.2) is 0 Å². The normalized spacial score (nSPS) is 12.8. The summed E-state index contributed by atoms with van der Waals surface area (Å²) in [4.78, 5) is 16.8. The molecule has 3 nitrogen and oxygen atoms in total. The van der Waals surface area contributed by atoms with Gasteiger partial charge in [-0.05, 0) is 20.8 Å². The summed E-state index contributed by atoms with van der Waals surface area (Å²) in [7, 11) is -1.94. The minimum atomic E-state index is -1.94. The highest BCUT2D eigenvalue weighted by Gasteiger charge is 2.12. The van der Waals surface area contributed by atoms with E-state index in [-0.39, 0.29) is 5.54 Å². The monoisotopic (exact) mass is 137 g/mol. The molecule has 0 rings (SSSR count). The zero-order valence-corrected chi connectivity index (χ0v) is 6.24. The quantitative estimate of drug-likeness (QED) is 0.463. The molecule has 0 aromatic carbocycles. The minimum absolute atomic E-state index is 0.199. The van der Waals surface area contributed by atoms with Crippen molar-refractivity contribution in [1.29, 1.82) is 0 Å². The van der Waals surface area contributed by atoms with Gasteiger partial charge in [-0.2, -0.15) is 0 Å². The van der Waals surface area contributed by atoms with E-state index in [1.165, 1.54) is 0 Å². The lowest BCUT2D eigenvalue weighted by Gasteiger charge is -2.20. The van der Waals surface area contributed by atoms with E-state index in [4.69, 9.17) is 9.79 Å². The molecule has 0 aromatic heterocycles. The average Bonchev–Trinajstić information content (AvgIpc) is 1.21. The van der Waals surface area contributed by atoms with E-state index in [9.17, 15) is 0 Å². The van der Waals surface area contributed by atoms with Crippen LogP contribution in [0.1, 0.15) is 20.8 Å². The molecular weight excluding hydrogens is 125 g/mol. The lowest BCUT2D eigenvalue weighted by atomic mass is 10.1. The predicted molar refractivity (Wildman–Crippen MR) is 34.2 cm³/mol. The Labute approximate surface area is 50.7 Å². The van der Waals surface area contributed by atoms with Crippen molar-refractivity contribution in [2.75, 3.05) is 0 Å². The average molecular weight is 137 g/mol.